The first-order valence-electron chi connectivity index (χ1n) is 10.6. The maximum absolute atomic E-state index is 12.8. The Balaban J connectivity index is 1.29. The second kappa shape index (κ2) is 6.35. The number of esters is 2. The van der Waals surface area contributed by atoms with Gasteiger partial charge in [0, 0.05) is 5.41 Å². The number of ether oxygens (including phenoxy) is 2. The Bertz CT molecular complexity index is 656. The largest absolute Gasteiger partial charge is 0.465 e. The molecule has 4 aliphatic carbocycles. The normalized spacial score (nSPS) is 38.9. The predicted molar refractivity (Wildman–Crippen MR) is 103 cm³/mol. The maximum atomic E-state index is 12.8. The zero-order chi connectivity index (χ0) is 19.6. The van der Waals surface area contributed by atoms with E-state index in [0.717, 1.165) is 30.1 Å². The molecule has 0 spiro atoms. The van der Waals surface area contributed by atoms with Crippen LogP contribution in [0.4, 0.5) is 0 Å². The van der Waals surface area contributed by atoms with Gasteiger partial charge in [-0.15, -0.1) is 0 Å². The summed E-state index contributed by atoms with van der Waals surface area (Å²) in [6.07, 6.45) is 8.39. The molecule has 7 atom stereocenters. The van der Waals surface area contributed by atoms with Crippen LogP contribution in [-0.2, 0) is 19.1 Å². The van der Waals surface area contributed by atoms with Crippen molar-refractivity contribution in [3.05, 3.63) is 12.2 Å². The minimum absolute atomic E-state index is 0.0251. The van der Waals surface area contributed by atoms with E-state index in [-0.39, 0.29) is 29.9 Å². The van der Waals surface area contributed by atoms with Crippen molar-refractivity contribution >= 4 is 11.9 Å². The van der Waals surface area contributed by atoms with Crippen molar-refractivity contribution in [3.63, 3.8) is 0 Å². The number of carbonyl (C=O) groups is 2. The molecule has 3 saturated carbocycles. The average Bonchev–Trinajstić information content (AvgIpc) is 3.34. The van der Waals surface area contributed by atoms with Crippen molar-refractivity contribution in [1.82, 2.24) is 0 Å². The highest BCUT2D eigenvalue weighted by atomic mass is 16.5. The summed E-state index contributed by atoms with van der Waals surface area (Å²) in [5, 5.41) is 0. The van der Waals surface area contributed by atoms with Crippen molar-refractivity contribution < 1.29 is 19.1 Å². The van der Waals surface area contributed by atoms with Gasteiger partial charge in [0.15, 0.2) is 0 Å². The third-order valence-electron chi connectivity index (χ3n) is 7.38. The van der Waals surface area contributed by atoms with Gasteiger partial charge in [-0.05, 0) is 75.5 Å². The van der Waals surface area contributed by atoms with E-state index in [1.165, 1.54) is 12.8 Å². The Labute approximate surface area is 163 Å². The van der Waals surface area contributed by atoms with Crippen LogP contribution < -0.4 is 0 Å². The van der Waals surface area contributed by atoms with Gasteiger partial charge in [-0.25, -0.2) is 0 Å². The van der Waals surface area contributed by atoms with Crippen molar-refractivity contribution in [2.45, 2.75) is 53.9 Å². The van der Waals surface area contributed by atoms with Crippen LogP contribution in [0, 0.1) is 52.3 Å². The first-order valence-corrected chi connectivity index (χ1v) is 10.6. The van der Waals surface area contributed by atoms with E-state index >= 15 is 0 Å². The summed E-state index contributed by atoms with van der Waals surface area (Å²) in [7, 11) is 0. The topological polar surface area (TPSA) is 52.6 Å². The van der Waals surface area contributed by atoms with Crippen molar-refractivity contribution in [2.75, 3.05) is 13.2 Å². The molecule has 27 heavy (non-hydrogen) atoms. The van der Waals surface area contributed by atoms with Gasteiger partial charge in [-0.2, -0.15) is 0 Å². The predicted octanol–water partition coefficient (Wildman–Crippen LogP) is 4.24. The maximum Gasteiger partial charge on any atom is 0.311 e. The summed E-state index contributed by atoms with van der Waals surface area (Å²) >= 11 is 0. The van der Waals surface area contributed by atoms with E-state index in [2.05, 4.69) is 12.2 Å². The smallest absolute Gasteiger partial charge is 0.311 e. The molecule has 0 amide bonds. The van der Waals surface area contributed by atoms with Gasteiger partial charge in [0.05, 0.1) is 24.5 Å². The second-order valence-corrected chi connectivity index (χ2v) is 11.2. The van der Waals surface area contributed by atoms with Crippen molar-refractivity contribution in [2.24, 2.45) is 52.3 Å². The summed E-state index contributed by atoms with van der Waals surface area (Å²) < 4.78 is 11.2. The lowest BCUT2D eigenvalue weighted by Crippen LogP contribution is -2.37. The fourth-order valence-corrected chi connectivity index (χ4v) is 6.18. The summed E-state index contributed by atoms with van der Waals surface area (Å²) in [5.74, 6) is 4.12. The summed E-state index contributed by atoms with van der Waals surface area (Å²) in [5.41, 5.74) is -0.882. The highest BCUT2D eigenvalue weighted by molar-refractivity contribution is 5.75. The molecule has 4 heteroatoms. The molecule has 0 heterocycles. The third kappa shape index (κ3) is 3.34. The lowest BCUT2D eigenvalue weighted by atomic mass is 9.69. The van der Waals surface area contributed by atoms with Gasteiger partial charge in [-0.3, -0.25) is 9.59 Å². The van der Waals surface area contributed by atoms with Crippen LogP contribution in [0.15, 0.2) is 12.2 Å². The van der Waals surface area contributed by atoms with Gasteiger partial charge in [-0.1, -0.05) is 26.0 Å². The molecule has 4 aliphatic rings. The first kappa shape index (κ1) is 19.0. The molecule has 0 radical (unpaired) electrons. The molecule has 3 fully saturated rings. The van der Waals surface area contributed by atoms with Crippen molar-refractivity contribution in [1.29, 1.82) is 0 Å². The molecule has 0 aliphatic heterocycles. The zero-order valence-electron chi connectivity index (χ0n) is 17.4. The third-order valence-corrected chi connectivity index (χ3v) is 7.38. The van der Waals surface area contributed by atoms with Crippen LogP contribution in [0.1, 0.15) is 53.9 Å². The zero-order valence-corrected chi connectivity index (χ0v) is 17.4. The minimum Gasteiger partial charge on any atom is -0.465 e. The SMILES string of the molecule is CC(C)(COC(=O)C1CC2CC1C1C3C=CC(C3)C21)COC(=O)C(C)(C)C. The van der Waals surface area contributed by atoms with Gasteiger partial charge in [0.25, 0.3) is 0 Å². The molecule has 150 valence electrons. The Hall–Kier alpha value is -1.32. The number of carbonyl (C=O) groups excluding carboxylic acids is 2. The quantitative estimate of drug-likeness (QED) is 0.410. The molecule has 4 bridgehead atoms. The Morgan fingerprint density at radius 1 is 0.889 bits per heavy atom. The lowest BCUT2D eigenvalue weighted by Gasteiger charge is -2.36. The summed E-state index contributed by atoms with van der Waals surface area (Å²) in [4.78, 5) is 24.8. The number of hydrogen-bond acceptors (Lipinski definition) is 4. The minimum atomic E-state index is -0.512. The molecule has 0 aromatic carbocycles. The standard InChI is InChI=1S/C23H34O4/c1-22(2,3)21(25)27-12-23(4,5)11-26-20(24)17-10-15-9-16(17)19-14-7-6-13(8-14)18(15)19/h6-7,13-19H,8-12H2,1-5H3. The van der Waals surface area contributed by atoms with Crippen LogP contribution in [0.3, 0.4) is 0 Å². The molecular formula is C23H34O4. The van der Waals surface area contributed by atoms with Gasteiger partial charge in [0.1, 0.15) is 0 Å². The molecular weight excluding hydrogens is 340 g/mol. The molecule has 0 aromatic rings. The van der Waals surface area contributed by atoms with Crippen LogP contribution in [0.2, 0.25) is 0 Å². The lowest BCUT2D eigenvalue weighted by molar-refractivity contribution is -0.161. The fourth-order valence-electron chi connectivity index (χ4n) is 6.18. The number of fused-ring (bicyclic) bond motifs is 9. The first-order chi connectivity index (χ1) is 12.6. The fraction of sp³-hybridized carbons (Fsp3) is 0.826. The van der Waals surface area contributed by atoms with Crippen LogP contribution >= 0.6 is 0 Å². The second-order valence-electron chi connectivity index (χ2n) is 11.2. The number of rotatable bonds is 5. The van der Waals surface area contributed by atoms with E-state index in [9.17, 15) is 9.59 Å². The van der Waals surface area contributed by atoms with Gasteiger partial charge in [0.2, 0.25) is 0 Å². The molecule has 0 N–H and O–H groups in total. The Kier molecular flexibility index (Phi) is 4.47. The van der Waals surface area contributed by atoms with Crippen LogP contribution in [0.5, 0.6) is 0 Å². The van der Waals surface area contributed by atoms with Crippen molar-refractivity contribution in [3.8, 4) is 0 Å². The Morgan fingerprint density at radius 3 is 2.19 bits per heavy atom. The summed E-state index contributed by atoms with van der Waals surface area (Å²) in [6, 6.07) is 0. The Morgan fingerprint density at radius 2 is 1.52 bits per heavy atom. The van der Waals surface area contributed by atoms with E-state index in [1.54, 1.807) is 0 Å². The molecule has 7 unspecified atom stereocenters. The molecule has 0 aromatic heterocycles. The molecule has 4 nitrogen and oxygen atoms in total. The van der Waals surface area contributed by atoms with E-state index < -0.39 is 5.41 Å². The number of allylic oxidation sites excluding steroid dienone is 2. The highest BCUT2D eigenvalue weighted by Gasteiger charge is 2.62. The van der Waals surface area contributed by atoms with Crippen LogP contribution in [-0.4, -0.2) is 25.2 Å². The van der Waals surface area contributed by atoms with E-state index in [4.69, 9.17) is 9.47 Å². The molecule has 0 saturated heterocycles. The van der Waals surface area contributed by atoms with Crippen LogP contribution in [0.25, 0.3) is 0 Å². The average molecular weight is 375 g/mol. The number of hydrogen-bond donors (Lipinski definition) is 0. The summed E-state index contributed by atoms with van der Waals surface area (Å²) in [6.45, 7) is 10.1. The van der Waals surface area contributed by atoms with Gasteiger partial charge < -0.3 is 9.47 Å². The van der Waals surface area contributed by atoms with E-state index in [1.807, 2.05) is 34.6 Å². The molecule has 4 rings (SSSR count). The highest BCUT2D eigenvalue weighted by Crippen LogP contribution is 2.67. The monoisotopic (exact) mass is 374 g/mol. The van der Waals surface area contributed by atoms with Gasteiger partial charge >= 0.3 is 11.9 Å². The van der Waals surface area contributed by atoms with E-state index in [0.29, 0.717) is 18.4 Å².